The van der Waals surface area contributed by atoms with Crippen molar-refractivity contribution in [2.75, 3.05) is 0 Å². The van der Waals surface area contributed by atoms with Gasteiger partial charge < -0.3 is 5.11 Å². The normalized spacial score (nSPS) is 17.9. The molecular formula is C13H14O3. The summed E-state index contributed by atoms with van der Waals surface area (Å²) in [5.41, 5.74) is 0.881. The molecule has 1 N–H and O–H groups in total. The van der Waals surface area contributed by atoms with Crippen LogP contribution in [0.3, 0.4) is 0 Å². The molecular weight excluding hydrogens is 204 g/mol. The second kappa shape index (κ2) is 3.74. The number of carboxylic acids is 1. The molecule has 1 aliphatic carbocycles. The molecule has 1 fully saturated rings. The van der Waals surface area contributed by atoms with E-state index >= 15 is 0 Å². The Morgan fingerprint density at radius 2 is 2.00 bits per heavy atom. The van der Waals surface area contributed by atoms with Crippen molar-refractivity contribution in [3.63, 3.8) is 0 Å². The molecule has 0 heterocycles. The molecule has 0 aromatic heterocycles. The third-order valence-corrected chi connectivity index (χ3v) is 3.32. The fraction of sp³-hybridized carbons (Fsp3) is 0.385. The average Bonchev–Trinajstić information content (AvgIpc) is 2.24. The first-order valence-electron chi connectivity index (χ1n) is 5.43. The minimum absolute atomic E-state index is 0.0355. The Bertz CT molecular complexity index is 440. The third kappa shape index (κ3) is 1.43. The van der Waals surface area contributed by atoms with Crippen molar-refractivity contribution in [2.45, 2.75) is 31.6 Å². The van der Waals surface area contributed by atoms with E-state index in [1.54, 1.807) is 0 Å². The molecule has 84 valence electrons. The first kappa shape index (κ1) is 10.9. The van der Waals surface area contributed by atoms with Crippen molar-refractivity contribution < 1.29 is 14.7 Å². The highest BCUT2D eigenvalue weighted by Crippen LogP contribution is 2.43. The highest BCUT2D eigenvalue weighted by Gasteiger charge is 2.52. The molecule has 3 heteroatoms. The van der Waals surface area contributed by atoms with Crippen molar-refractivity contribution in [1.29, 1.82) is 0 Å². The summed E-state index contributed by atoms with van der Waals surface area (Å²) in [5.74, 6) is -0.846. The van der Waals surface area contributed by atoms with E-state index in [1.807, 2.05) is 31.2 Å². The van der Waals surface area contributed by atoms with Gasteiger partial charge in [-0.15, -0.1) is 0 Å². The van der Waals surface area contributed by atoms with Crippen LogP contribution in [0.4, 0.5) is 0 Å². The molecule has 0 spiro atoms. The molecule has 1 aromatic carbocycles. The molecule has 0 atom stereocenters. The zero-order valence-corrected chi connectivity index (χ0v) is 9.19. The molecule has 1 aliphatic rings. The molecule has 0 saturated heterocycles. The standard InChI is InChI=1S/C13H14O3/c1-2-9-5-3-4-6-11(9)13(12(15)16)7-10(14)8-13/h3-6H,2,7-8H2,1H3,(H,15,16). The molecule has 0 amide bonds. The summed E-state index contributed by atoms with van der Waals surface area (Å²) in [4.78, 5) is 22.5. The van der Waals surface area contributed by atoms with E-state index in [9.17, 15) is 14.7 Å². The smallest absolute Gasteiger partial charge is 0.315 e. The molecule has 0 unspecified atom stereocenters. The summed E-state index contributed by atoms with van der Waals surface area (Å²) < 4.78 is 0. The topological polar surface area (TPSA) is 54.4 Å². The maximum absolute atomic E-state index is 11.4. The van der Waals surface area contributed by atoms with E-state index in [-0.39, 0.29) is 18.6 Å². The molecule has 1 saturated carbocycles. The van der Waals surface area contributed by atoms with E-state index in [0.29, 0.717) is 0 Å². The Labute approximate surface area is 94.1 Å². The predicted molar refractivity (Wildman–Crippen MR) is 59.4 cm³/mol. The maximum Gasteiger partial charge on any atom is 0.315 e. The summed E-state index contributed by atoms with van der Waals surface area (Å²) in [6.45, 7) is 1.99. The quantitative estimate of drug-likeness (QED) is 0.843. The van der Waals surface area contributed by atoms with Gasteiger partial charge in [0.2, 0.25) is 0 Å². The minimum atomic E-state index is -0.955. The van der Waals surface area contributed by atoms with Gasteiger partial charge in [-0.3, -0.25) is 9.59 Å². The highest BCUT2D eigenvalue weighted by molar-refractivity contribution is 6.01. The van der Waals surface area contributed by atoms with Crippen LogP contribution in [0, 0.1) is 0 Å². The van der Waals surface area contributed by atoms with Gasteiger partial charge in [-0.2, -0.15) is 0 Å². The van der Waals surface area contributed by atoms with Gasteiger partial charge in [-0.05, 0) is 17.5 Å². The number of carbonyl (C=O) groups is 2. The van der Waals surface area contributed by atoms with Crippen molar-refractivity contribution >= 4 is 11.8 Å². The molecule has 1 aromatic rings. The Hall–Kier alpha value is -1.64. The Balaban J connectivity index is 2.48. The molecule has 0 aliphatic heterocycles. The number of benzene rings is 1. The Morgan fingerprint density at radius 3 is 2.50 bits per heavy atom. The van der Waals surface area contributed by atoms with Gasteiger partial charge in [0.15, 0.2) is 0 Å². The molecule has 2 rings (SSSR count). The van der Waals surface area contributed by atoms with Gasteiger partial charge in [0.1, 0.15) is 11.2 Å². The number of Topliss-reactive ketones (excluding diaryl/α,β-unsaturated/α-hetero) is 1. The van der Waals surface area contributed by atoms with Gasteiger partial charge in [0.05, 0.1) is 0 Å². The first-order valence-corrected chi connectivity index (χ1v) is 5.43. The van der Waals surface area contributed by atoms with Gasteiger partial charge in [0, 0.05) is 12.8 Å². The van der Waals surface area contributed by atoms with E-state index in [0.717, 1.165) is 17.5 Å². The third-order valence-electron chi connectivity index (χ3n) is 3.32. The fourth-order valence-corrected chi connectivity index (χ4v) is 2.37. The SMILES string of the molecule is CCc1ccccc1C1(C(=O)O)CC(=O)C1. The first-order chi connectivity index (χ1) is 7.60. The van der Waals surface area contributed by atoms with Crippen LogP contribution in [0.25, 0.3) is 0 Å². The van der Waals surface area contributed by atoms with Crippen molar-refractivity contribution in [3.8, 4) is 0 Å². The summed E-state index contributed by atoms with van der Waals surface area (Å²) in [5, 5.41) is 9.32. The number of rotatable bonds is 3. The number of carboxylic acid groups (broad SMARTS) is 1. The van der Waals surface area contributed by atoms with Crippen LogP contribution in [0.1, 0.15) is 30.9 Å². The lowest BCUT2D eigenvalue weighted by Crippen LogP contribution is -2.48. The van der Waals surface area contributed by atoms with Gasteiger partial charge >= 0.3 is 5.97 Å². The largest absolute Gasteiger partial charge is 0.481 e. The molecule has 16 heavy (non-hydrogen) atoms. The van der Waals surface area contributed by atoms with Crippen LogP contribution >= 0.6 is 0 Å². The number of aliphatic carboxylic acids is 1. The lowest BCUT2D eigenvalue weighted by Gasteiger charge is -2.37. The predicted octanol–water partition coefficient (Wildman–Crippen LogP) is 1.93. The van der Waals surface area contributed by atoms with Crippen molar-refractivity contribution in [1.82, 2.24) is 0 Å². The zero-order chi connectivity index (χ0) is 11.8. The van der Waals surface area contributed by atoms with Gasteiger partial charge in [-0.25, -0.2) is 0 Å². The van der Waals surface area contributed by atoms with Crippen LogP contribution in [-0.4, -0.2) is 16.9 Å². The average molecular weight is 218 g/mol. The number of ketones is 1. The summed E-state index contributed by atoms with van der Waals surface area (Å²) in [7, 11) is 0. The second-order valence-electron chi connectivity index (χ2n) is 4.29. The van der Waals surface area contributed by atoms with E-state index in [1.165, 1.54) is 0 Å². The van der Waals surface area contributed by atoms with Crippen LogP contribution in [0.15, 0.2) is 24.3 Å². The van der Waals surface area contributed by atoms with Gasteiger partial charge in [0.25, 0.3) is 0 Å². The number of aryl methyl sites for hydroxylation is 1. The monoisotopic (exact) mass is 218 g/mol. The lowest BCUT2D eigenvalue weighted by atomic mass is 9.62. The lowest BCUT2D eigenvalue weighted by molar-refractivity contribution is -0.153. The van der Waals surface area contributed by atoms with Crippen LogP contribution in [-0.2, 0) is 21.4 Å². The second-order valence-corrected chi connectivity index (χ2v) is 4.29. The summed E-state index contributed by atoms with van der Waals surface area (Å²) in [6, 6.07) is 7.50. The Kier molecular flexibility index (Phi) is 2.54. The highest BCUT2D eigenvalue weighted by atomic mass is 16.4. The maximum atomic E-state index is 11.4. The summed E-state index contributed by atoms with van der Waals surface area (Å²) in [6.07, 6.45) is 1.07. The van der Waals surface area contributed by atoms with Crippen LogP contribution in [0.2, 0.25) is 0 Å². The van der Waals surface area contributed by atoms with E-state index in [4.69, 9.17) is 0 Å². The minimum Gasteiger partial charge on any atom is -0.481 e. The van der Waals surface area contributed by atoms with Crippen LogP contribution < -0.4 is 0 Å². The van der Waals surface area contributed by atoms with Gasteiger partial charge in [-0.1, -0.05) is 31.2 Å². The molecule has 0 radical (unpaired) electrons. The zero-order valence-electron chi connectivity index (χ0n) is 9.19. The van der Waals surface area contributed by atoms with Crippen molar-refractivity contribution in [3.05, 3.63) is 35.4 Å². The molecule has 3 nitrogen and oxygen atoms in total. The van der Waals surface area contributed by atoms with Crippen molar-refractivity contribution in [2.24, 2.45) is 0 Å². The molecule has 0 bridgehead atoms. The number of hydrogen-bond donors (Lipinski definition) is 1. The Morgan fingerprint density at radius 1 is 1.38 bits per heavy atom. The van der Waals surface area contributed by atoms with E-state index in [2.05, 4.69) is 0 Å². The van der Waals surface area contributed by atoms with E-state index < -0.39 is 11.4 Å². The summed E-state index contributed by atoms with van der Waals surface area (Å²) >= 11 is 0. The number of carbonyl (C=O) groups excluding carboxylic acids is 1. The number of hydrogen-bond acceptors (Lipinski definition) is 2. The fourth-order valence-electron chi connectivity index (χ4n) is 2.37. The van der Waals surface area contributed by atoms with Crippen LogP contribution in [0.5, 0.6) is 0 Å².